The first-order valence-electron chi connectivity index (χ1n) is 9.52. The Kier molecular flexibility index (Phi) is 5.98. The summed E-state index contributed by atoms with van der Waals surface area (Å²) in [4.78, 5) is 13.0. The molecule has 1 heterocycles. The van der Waals surface area contributed by atoms with E-state index in [2.05, 4.69) is 12.1 Å². The Morgan fingerprint density at radius 2 is 1.86 bits per heavy atom. The van der Waals surface area contributed by atoms with Crippen LogP contribution >= 0.6 is 0 Å². The summed E-state index contributed by atoms with van der Waals surface area (Å²) in [6, 6.07) is 16.7. The zero-order valence-electron chi connectivity index (χ0n) is 16.6. The molecule has 0 aromatic heterocycles. The van der Waals surface area contributed by atoms with Crippen molar-refractivity contribution < 1.29 is 14.6 Å². The predicted octanol–water partition coefficient (Wildman–Crippen LogP) is 3.39. The smallest absolute Gasteiger partial charge is 0.320 e. The molecule has 148 valence electrons. The normalized spacial score (nSPS) is 18.7. The third-order valence-corrected chi connectivity index (χ3v) is 5.68. The molecule has 0 fully saturated rings. The van der Waals surface area contributed by atoms with Gasteiger partial charge in [-0.05, 0) is 74.3 Å². The van der Waals surface area contributed by atoms with Crippen LogP contribution in [0.15, 0.2) is 42.5 Å². The summed E-state index contributed by atoms with van der Waals surface area (Å²) in [7, 11) is 1.80. The van der Waals surface area contributed by atoms with Crippen molar-refractivity contribution >= 4 is 5.97 Å². The minimum absolute atomic E-state index is 0.409. The summed E-state index contributed by atoms with van der Waals surface area (Å²) in [5.41, 5.74) is 3.46. The van der Waals surface area contributed by atoms with E-state index in [0.717, 1.165) is 23.1 Å². The van der Waals surface area contributed by atoms with Gasteiger partial charge in [0.05, 0.1) is 29.9 Å². The number of nitriles is 2. The van der Waals surface area contributed by atoms with Gasteiger partial charge in [-0.3, -0.25) is 9.69 Å². The molecule has 0 bridgehead atoms. The van der Waals surface area contributed by atoms with E-state index in [1.165, 1.54) is 0 Å². The van der Waals surface area contributed by atoms with Crippen molar-refractivity contribution in [1.82, 2.24) is 4.90 Å². The zero-order valence-corrected chi connectivity index (χ0v) is 16.6. The lowest BCUT2D eigenvalue weighted by Gasteiger charge is -2.32. The number of carboxylic acids is 1. The topological polar surface area (TPSA) is 97.3 Å². The third kappa shape index (κ3) is 4.00. The number of carbonyl (C=O) groups is 1. The molecule has 0 radical (unpaired) electrons. The van der Waals surface area contributed by atoms with Crippen molar-refractivity contribution in [3.05, 3.63) is 70.3 Å². The summed E-state index contributed by atoms with van der Waals surface area (Å²) in [5.74, 6) is -0.846. The van der Waals surface area contributed by atoms with E-state index < -0.39 is 17.6 Å². The van der Waals surface area contributed by atoms with Gasteiger partial charge in [-0.25, -0.2) is 0 Å². The molecule has 6 nitrogen and oxygen atoms in total. The van der Waals surface area contributed by atoms with Gasteiger partial charge < -0.3 is 9.84 Å². The fourth-order valence-electron chi connectivity index (χ4n) is 3.82. The SMILES string of the molecule is CC(C(=O)O)N(C)CCCC1(c2ccc(C#N)cc2)OCc2cc(C#N)ccc21. The number of hydrogen-bond donors (Lipinski definition) is 1. The van der Waals surface area contributed by atoms with Crippen LogP contribution in [-0.4, -0.2) is 35.6 Å². The molecule has 2 aromatic carbocycles. The highest BCUT2D eigenvalue weighted by Crippen LogP contribution is 2.45. The number of benzene rings is 2. The Labute approximate surface area is 170 Å². The number of rotatable bonds is 7. The van der Waals surface area contributed by atoms with Gasteiger partial charge in [-0.15, -0.1) is 0 Å². The number of fused-ring (bicyclic) bond motifs is 1. The minimum Gasteiger partial charge on any atom is -0.480 e. The van der Waals surface area contributed by atoms with E-state index in [9.17, 15) is 15.2 Å². The van der Waals surface area contributed by atoms with Crippen LogP contribution in [0.3, 0.4) is 0 Å². The third-order valence-electron chi connectivity index (χ3n) is 5.68. The van der Waals surface area contributed by atoms with Crippen LogP contribution in [0.1, 0.15) is 47.6 Å². The Hall–Kier alpha value is -3.19. The second-order valence-corrected chi connectivity index (χ2v) is 7.39. The maximum atomic E-state index is 11.2. The number of hydrogen-bond acceptors (Lipinski definition) is 5. The van der Waals surface area contributed by atoms with Gasteiger partial charge in [0.15, 0.2) is 0 Å². The molecule has 2 atom stereocenters. The molecular formula is C23H23N3O3. The van der Waals surface area contributed by atoms with E-state index in [-0.39, 0.29) is 0 Å². The Morgan fingerprint density at radius 1 is 1.21 bits per heavy atom. The fraction of sp³-hybridized carbons (Fsp3) is 0.348. The average Bonchev–Trinajstić information content (AvgIpc) is 3.11. The van der Waals surface area contributed by atoms with Crippen LogP contribution in [0.25, 0.3) is 0 Å². The predicted molar refractivity (Wildman–Crippen MR) is 107 cm³/mol. The molecule has 2 aromatic rings. The van der Waals surface area contributed by atoms with Crippen LogP contribution in [0.5, 0.6) is 0 Å². The minimum atomic E-state index is -0.846. The number of carboxylic acid groups (broad SMARTS) is 1. The maximum Gasteiger partial charge on any atom is 0.320 e. The molecule has 1 N–H and O–H groups in total. The molecule has 0 aliphatic carbocycles. The number of likely N-dealkylation sites (N-methyl/N-ethyl adjacent to an activating group) is 1. The molecule has 6 heteroatoms. The van der Waals surface area contributed by atoms with Gasteiger partial charge in [-0.2, -0.15) is 10.5 Å². The van der Waals surface area contributed by atoms with E-state index in [4.69, 9.17) is 10.00 Å². The van der Waals surface area contributed by atoms with Crippen LogP contribution in [0, 0.1) is 22.7 Å². The highest BCUT2D eigenvalue weighted by atomic mass is 16.5. The highest BCUT2D eigenvalue weighted by molar-refractivity contribution is 5.72. The first-order chi connectivity index (χ1) is 13.9. The van der Waals surface area contributed by atoms with Crippen LogP contribution < -0.4 is 0 Å². The van der Waals surface area contributed by atoms with Crippen molar-refractivity contribution in [3.8, 4) is 12.1 Å². The van der Waals surface area contributed by atoms with Crippen molar-refractivity contribution in [2.75, 3.05) is 13.6 Å². The summed E-state index contributed by atoms with van der Waals surface area (Å²) in [6.07, 6.45) is 1.39. The molecule has 3 rings (SSSR count). The number of aliphatic carboxylic acids is 1. The van der Waals surface area contributed by atoms with Gasteiger partial charge in [0.25, 0.3) is 0 Å². The van der Waals surface area contributed by atoms with Crippen molar-refractivity contribution in [2.24, 2.45) is 0 Å². The lowest BCUT2D eigenvalue weighted by molar-refractivity contribution is -0.142. The van der Waals surface area contributed by atoms with Crippen molar-refractivity contribution in [1.29, 1.82) is 10.5 Å². The average molecular weight is 389 g/mol. The highest BCUT2D eigenvalue weighted by Gasteiger charge is 2.41. The van der Waals surface area contributed by atoms with Gasteiger partial charge in [0.1, 0.15) is 11.6 Å². The number of ether oxygens (including phenoxy) is 1. The monoisotopic (exact) mass is 389 g/mol. The number of nitrogens with zero attached hydrogens (tertiary/aromatic N) is 3. The summed E-state index contributed by atoms with van der Waals surface area (Å²) >= 11 is 0. The fourth-order valence-corrected chi connectivity index (χ4v) is 3.82. The van der Waals surface area contributed by atoms with Crippen LogP contribution in [-0.2, 0) is 21.7 Å². The van der Waals surface area contributed by atoms with Crippen LogP contribution in [0.4, 0.5) is 0 Å². The van der Waals surface area contributed by atoms with Gasteiger partial charge in [0.2, 0.25) is 0 Å². The van der Waals surface area contributed by atoms with E-state index in [1.54, 1.807) is 32.2 Å². The molecule has 0 amide bonds. The van der Waals surface area contributed by atoms with Gasteiger partial charge in [0, 0.05) is 0 Å². The summed E-state index contributed by atoms with van der Waals surface area (Å²) in [5, 5.41) is 27.5. The Bertz CT molecular complexity index is 988. The maximum absolute atomic E-state index is 11.2. The van der Waals surface area contributed by atoms with Crippen molar-refractivity contribution in [3.63, 3.8) is 0 Å². The summed E-state index contributed by atoms with van der Waals surface area (Å²) < 4.78 is 6.33. The zero-order chi connectivity index (χ0) is 21.0. The summed E-state index contributed by atoms with van der Waals surface area (Å²) in [6.45, 7) is 2.69. The van der Waals surface area contributed by atoms with E-state index in [0.29, 0.717) is 30.7 Å². The molecule has 29 heavy (non-hydrogen) atoms. The molecule has 2 unspecified atom stereocenters. The lowest BCUT2D eigenvalue weighted by atomic mass is 9.81. The van der Waals surface area contributed by atoms with Crippen LogP contribution in [0.2, 0.25) is 0 Å². The Balaban J connectivity index is 1.91. The second kappa shape index (κ2) is 8.45. The lowest BCUT2D eigenvalue weighted by Crippen LogP contribution is -2.37. The second-order valence-electron chi connectivity index (χ2n) is 7.39. The van der Waals surface area contributed by atoms with Gasteiger partial charge >= 0.3 is 5.97 Å². The Morgan fingerprint density at radius 3 is 2.48 bits per heavy atom. The first kappa shape index (κ1) is 20.5. The first-order valence-corrected chi connectivity index (χ1v) is 9.52. The molecule has 0 saturated carbocycles. The van der Waals surface area contributed by atoms with E-state index in [1.807, 2.05) is 29.2 Å². The molecule has 1 aliphatic rings. The largest absolute Gasteiger partial charge is 0.480 e. The van der Waals surface area contributed by atoms with Gasteiger partial charge in [-0.1, -0.05) is 18.2 Å². The van der Waals surface area contributed by atoms with Crippen molar-refractivity contribution in [2.45, 2.75) is 38.0 Å². The molecule has 0 saturated heterocycles. The quantitative estimate of drug-likeness (QED) is 0.780. The molecule has 0 spiro atoms. The molecular weight excluding hydrogens is 366 g/mol. The standard InChI is InChI=1S/C23H23N3O3/c1-16(22(27)28)26(2)11-3-10-23(20-7-4-17(13-24)5-8-20)21-9-6-18(14-25)12-19(21)15-29-23/h4-9,12,16H,3,10-11,15H2,1-2H3,(H,27,28). The van der Waals surface area contributed by atoms with E-state index >= 15 is 0 Å². The molecule has 1 aliphatic heterocycles.